The molecule has 0 fully saturated rings. The van der Waals surface area contributed by atoms with Crippen LogP contribution in [0.25, 0.3) is 38.6 Å². The molecule has 0 spiro atoms. The van der Waals surface area contributed by atoms with Gasteiger partial charge in [0.15, 0.2) is 0 Å². The van der Waals surface area contributed by atoms with E-state index in [2.05, 4.69) is 39.5 Å². The summed E-state index contributed by atoms with van der Waals surface area (Å²) in [6.07, 6.45) is 4.53. The van der Waals surface area contributed by atoms with E-state index in [-0.39, 0.29) is 11.9 Å². The van der Waals surface area contributed by atoms with E-state index in [0.29, 0.717) is 18.0 Å². The first-order chi connectivity index (χ1) is 14.1. The summed E-state index contributed by atoms with van der Waals surface area (Å²) in [7, 11) is 0. The van der Waals surface area contributed by atoms with Crippen LogP contribution >= 0.6 is 0 Å². The summed E-state index contributed by atoms with van der Waals surface area (Å²) in [5, 5.41) is 4.73. The van der Waals surface area contributed by atoms with Crippen LogP contribution in [-0.2, 0) is 11.3 Å². The molecule has 7 nitrogen and oxygen atoms in total. The first-order valence-corrected chi connectivity index (χ1v) is 9.18. The number of rotatable bonds is 3. The maximum atomic E-state index is 11.9. The van der Waals surface area contributed by atoms with Crippen LogP contribution in [0, 0.1) is 0 Å². The standard InChI is InChI=1S/C22H18N6O/c1-3-17(29)27-16-10-28-20(12(16)2)18(19-21(23)25-11-26-22(19)28)14-8-13-6-4-5-7-15(13)24-9-14/h3-9,11,16H,1-2,10H2,(H,27,29)(H2,23,25,26)/t16-/m1/s1. The molecule has 0 unspecified atom stereocenters. The molecule has 3 aromatic heterocycles. The summed E-state index contributed by atoms with van der Waals surface area (Å²) in [4.78, 5) is 25.1. The van der Waals surface area contributed by atoms with Crippen molar-refractivity contribution in [1.29, 1.82) is 0 Å². The van der Waals surface area contributed by atoms with Gasteiger partial charge >= 0.3 is 0 Å². The number of carbonyl (C=O) groups is 1. The van der Waals surface area contributed by atoms with Crippen molar-refractivity contribution in [2.24, 2.45) is 0 Å². The Bertz CT molecular complexity index is 1340. The second-order valence-corrected chi connectivity index (χ2v) is 7.00. The van der Waals surface area contributed by atoms with Gasteiger partial charge in [-0.25, -0.2) is 9.97 Å². The van der Waals surface area contributed by atoms with Crippen molar-refractivity contribution < 1.29 is 4.79 Å². The lowest BCUT2D eigenvalue weighted by Crippen LogP contribution is -2.33. The maximum absolute atomic E-state index is 11.9. The van der Waals surface area contributed by atoms with Crippen molar-refractivity contribution in [2.75, 3.05) is 5.73 Å². The molecule has 142 valence electrons. The number of para-hydroxylation sites is 1. The number of nitrogens with two attached hydrogens (primary N) is 1. The minimum absolute atomic E-state index is 0.241. The van der Waals surface area contributed by atoms with Crippen LogP contribution in [0.4, 0.5) is 5.82 Å². The summed E-state index contributed by atoms with van der Waals surface area (Å²) in [5.74, 6) is 0.161. The largest absolute Gasteiger partial charge is 0.383 e. The number of anilines is 1. The van der Waals surface area contributed by atoms with Crippen LogP contribution in [0.2, 0.25) is 0 Å². The van der Waals surface area contributed by atoms with Crippen LogP contribution in [0.15, 0.2) is 62.1 Å². The third kappa shape index (κ3) is 2.51. The molecule has 4 heterocycles. The number of nitrogens with one attached hydrogen (secondary N) is 1. The van der Waals surface area contributed by atoms with E-state index >= 15 is 0 Å². The Balaban J connectivity index is 1.77. The van der Waals surface area contributed by atoms with E-state index in [1.54, 1.807) is 0 Å². The Kier molecular flexibility index (Phi) is 3.70. The molecule has 3 N–H and O–H groups in total. The zero-order valence-corrected chi connectivity index (χ0v) is 15.6. The van der Waals surface area contributed by atoms with E-state index < -0.39 is 0 Å². The first kappa shape index (κ1) is 17.1. The number of benzene rings is 1. The normalized spacial score (nSPS) is 15.6. The zero-order chi connectivity index (χ0) is 20.1. The molecule has 1 amide bonds. The molecule has 0 saturated heterocycles. The highest BCUT2D eigenvalue weighted by Gasteiger charge is 2.34. The fourth-order valence-electron chi connectivity index (χ4n) is 4.01. The number of pyridine rings is 1. The molecular formula is C22H18N6O. The summed E-state index contributed by atoms with van der Waals surface area (Å²) in [6.45, 7) is 8.30. The van der Waals surface area contributed by atoms with Gasteiger partial charge in [-0.1, -0.05) is 31.4 Å². The summed E-state index contributed by atoms with van der Waals surface area (Å²) >= 11 is 0. The highest BCUT2D eigenvalue weighted by atomic mass is 16.1. The lowest BCUT2D eigenvalue weighted by atomic mass is 9.98. The molecule has 4 aromatic rings. The highest BCUT2D eigenvalue weighted by Crippen LogP contribution is 2.43. The number of carbonyl (C=O) groups excluding carboxylic acids is 1. The van der Waals surface area contributed by atoms with E-state index in [9.17, 15) is 4.79 Å². The number of hydrogen-bond donors (Lipinski definition) is 2. The SMILES string of the molecule is C=CC(=O)N[C@@H]1Cn2c(c(-c3cnc4ccccc4c3)c3c(N)ncnc32)C1=C. The minimum Gasteiger partial charge on any atom is -0.383 e. The molecule has 1 aliphatic rings. The topological polar surface area (TPSA) is 98.7 Å². The van der Waals surface area contributed by atoms with E-state index in [1.165, 1.54) is 12.4 Å². The number of amides is 1. The van der Waals surface area contributed by atoms with Gasteiger partial charge in [0.1, 0.15) is 17.8 Å². The number of nitrogen functional groups attached to an aromatic ring is 1. The Hall–Kier alpha value is -4.00. The van der Waals surface area contributed by atoms with Gasteiger partial charge in [-0.05, 0) is 23.8 Å². The summed E-state index contributed by atoms with van der Waals surface area (Å²) < 4.78 is 2.04. The van der Waals surface area contributed by atoms with Gasteiger partial charge in [-0.2, -0.15) is 0 Å². The molecule has 1 aromatic carbocycles. The Morgan fingerprint density at radius 3 is 2.93 bits per heavy atom. The summed E-state index contributed by atoms with van der Waals surface area (Å²) in [6, 6.07) is 9.76. The molecule has 0 aliphatic carbocycles. The van der Waals surface area contributed by atoms with Crippen LogP contribution in [0.5, 0.6) is 0 Å². The van der Waals surface area contributed by atoms with Crippen LogP contribution < -0.4 is 11.1 Å². The van der Waals surface area contributed by atoms with Crippen LogP contribution in [-0.4, -0.2) is 31.5 Å². The van der Waals surface area contributed by atoms with Crippen molar-refractivity contribution in [3.05, 3.63) is 67.8 Å². The molecule has 0 radical (unpaired) electrons. The molecule has 0 bridgehead atoms. The average Bonchev–Trinajstić information content (AvgIpc) is 3.23. The number of fused-ring (bicyclic) bond motifs is 4. The monoisotopic (exact) mass is 382 g/mol. The quantitative estimate of drug-likeness (QED) is 0.531. The zero-order valence-electron chi connectivity index (χ0n) is 15.6. The van der Waals surface area contributed by atoms with Crippen molar-refractivity contribution in [2.45, 2.75) is 12.6 Å². The van der Waals surface area contributed by atoms with Gasteiger partial charge in [-0.3, -0.25) is 9.78 Å². The molecule has 5 rings (SSSR count). The predicted octanol–water partition coefficient (Wildman–Crippen LogP) is 2.93. The minimum atomic E-state index is -0.247. The second kappa shape index (κ2) is 6.27. The van der Waals surface area contributed by atoms with Crippen LogP contribution in [0.1, 0.15) is 5.69 Å². The van der Waals surface area contributed by atoms with Crippen LogP contribution in [0.3, 0.4) is 0 Å². The molecule has 7 heteroatoms. The number of hydrogen-bond acceptors (Lipinski definition) is 5. The van der Waals surface area contributed by atoms with E-state index in [1.807, 2.05) is 35.0 Å². The maximum Gasteiger partial charge on any atom is 0.243 e. The van der Waals surface area contributed by atoms with E-state index in [4.69, 9.17) is 5.73 Å². The molecule has 29 heavy (non-hydrogen) atoms. The van der Waals surface area contributed by atoms with Crippen molar-refractivity contribution in [3.8, 4) is 11.1 Å². The predicted molar refractivity (Wildman–Crippen MR) is 114 cm³/mol. The van der Waals surface area contributed by atoms with Crippen molar-refractivity contribution >= 4 is 39.2 Å². The third-order valence-electron chi connectivity index (χ3n) is 5.34. The lowest BCUT2D eigenvalue weighted by molar-refractivity contribution is -0.116. The van der Waals surface area contributed by atoms with Crippen molar-refractivity contribution in [3.63, 3.8) is 0 Å². The van der Waals surface area contributed by atoms with Gasteiger partial charge in [0.05, 0.1) is 22.6 Å². The lowest BCUT2D eigenvalue weighted by Gasteiger charge is -2.13. The molecular weight excluding hydrogens is 364 g/mol. The number of aromatic nitrogens is 4. The van der Waals surface area contributed by atoms with E-state index in [0.717, 1.165) is 38.7 Å². The fraction of sp³-hybridized carbons (Fsp3) is 0.0909. The fourth-order valence-corrected chi connectivity index (χ4v) is 4.01. The van der Waals surface area contributed by atoms with Gasteiger partial charge in [0.25, 0.3) is 0 Å². The molecule has 0 saturated carbocycles. The summed E-state index contributed by atoms with van der Waals surface area (Å²) in [5.41, 5.74) is 11.3. The molecule has 1 atom stereocenters. The Labute approximate surface area is 166 Å². The third-order valence-corrected chi connectivity index (χ3v) is 5.34. The average molecular weight is 382 g/mol. The van der Waals surface area contributed by atoms with Gasteiger partial charge in [-0.15, -0.1) is 0 Å². The Morgan fingerprint density at radius 1 is 1.28 bits per heavy atom. The van der Waals surface area contributed by atoms with Gasteiger partial charge in [0, 0.05) is 29.3 Å². The highest BCUT2D eigenvalue weighted by molar-refractivity contribution is 6.08. The van der Waals surface area contributed by atoms with Crippen molar-refractivity contribution in [1.82, 2.24) is 24.8 Å². The first-order valence-electron chi connectivity index (χ1n) is 9.18. The van der Waals surface area contributed by atoms with Gasteiger partial charge < -0.3 is 15.6 Å². The second-order valence-electron chi connectivity index (χ2n) is 7.00. The smallest absolute Gasteiger partial charge is 0.243 e. The Morgan fingerprint density at radius 2 is 2.10 bits per heavy atom. The number of nitrogens with zero attached hydrogens (tertiary/aromatic N) is 4. The van der Waals surface area contributed by atoms with Gasteiger partial charge in [0.2, 0.25) is 5.91 Å². The molecule has 1 aliphatic heterocycles.